The smallest absolute Gasteiger partial charge is 0.343 e. The second-order valence-corrected chi connectivity index (χ2v) is 9.99. The Hall–Kier alpha value is -5.18. The minimum Gasteiger partial charge on any atom is -0.494 e. The standard InChI is InChI=1S/C36H38N2O7/c1-4-7-23-42-30-15-9-26(10-16-30)35(39)44-32-21-22-33(38-37-28-13-19-29(20-14-28)41-6-3)34(25-32)45-36(40)27-11-17-31(18-12-27)43-24-8-5-2/h9-22,25H,4-8,23-24H2,1-3H3. The molecule has 45 heavy (non-hydrogen) atoms. The molecule has 4 aromatic carbocycles. The van der Waals surface area contributed by atoms with Crippen molar-refractivity contribution in [3.05, 3.63) is 102 Å². The summed E-state index contributed by atoms with van der Waals surface area (Å²) in [5.74, 6) is 1.12. The van der Waals surface area contributed by atoms with E-state index >= 15 is 0 Å². The molecule has 4 rings (SSSR count). The molecule has 9 heteroatoms. The summed E-state index contributed by atoms with van der Waals surface area (Å²) in [5.41, 5.74) is 1.50. The number of nitrogens with zero attached hydrogens (tertiary/aromatic N) is 2. The summed E-state index contributed by atoms with van der Waals surface area (Å²) in [7, 11) is 0. The van der Waals surface area contributed by atoms with E-state index in [0.717, 1.165) is 31.4 Å². The molecule has 0 N–H and O–H groups in total. The zero-order chi connectivity index (χ0) is 31.9. The van der Waals surface area contributed by atoms with Crippen LogP contribution >= 0.6 is 0 Å². The van der Waals surface area contributed by atoms with Crippen molar-refractivity contribution in [2.75, 3.05) is 19.8 Å². The van der Waals surface area contributed by atoms with E-state index in [1.807, 2.05) is 6.92 Å². The van der Waals surface area contributed by atoms with Gasteiger partial charge in [-0.2, -0.15) is 5.11 Å². The molecule has 4 aromatic rings. The zero-order valence-corrected chi connectivity index (χ0v) is 25.9. The highest BCUT2D eigenvalue weighted by molar-refractivity contribution is 5.93. The molecular formula is C36H38N2O7. The average Bonchev–Trinajstić information content (AvgIpc) is 3.06. The number of hydrogen-bond donors (Lipinski definition) is 0. The third-order valence-electron chi connectivity index (χ3n) is 6.48. The Morgan fingerprint density at radius 1 is 0.556 bits per heavy atom. The van der Waals surface area contributed by atoms with Crippen LogP contribution in [-0.2, 0) is 0 Å². The summed E-state index contributed by atoms with van der Waals surface area (Å²) in [6.45, 7) is 7.86. The molecule has 0 heterocycles. The molecule has 0 saturated heterocycles. The van der Waals surface area contributed by atoms with E-state index in [-0.39, 0.29) is 17.2 Å². The monoisotopic (exact) mass is 610 g/mol. The number of esters is 2. The van der Waals surface area contributed by atoms with Crippen molar-refractivity contribution in [1.82, 2.24) is 0 Å². The van der Waals surface area contributed by atoms with Crippen LogP contribution in [0.4, 0.5) is 11.4 Å². The van der Waals surface area contributed by atoms with Gasteiger partial charge >= 0.3 is 11.9 Å². The Bertz CT molecular complexity index is 1550. The van der Waals surface area contributed by atoms with Gasteiger partial charge in [0, 0.05) is 6.07 Å². The zero-order valence-electron chi connectivity index (χ0n) is 25.9. The molecule has 0 spiro atoms. The fourth-order valence-corrected chi connectivity index (χ4v) is 3.98. The molecule has 0 aliphatic heterocycles. The SMILES string of the molecule is CCCCOc1ccc(C(=O)Oc2ccc(N=Nc3ccc(OCC)cc3)c(OC(=O)c3ccc(OCCCC)cc3)c2)cc1. The predicted molar refractivity (Wildman–Crippen MR) is 172 cm³/mol. The van der Waals surface area contributed by atoms with Crippen molar-refractivity contribution in [3.8, 4) is 28.7 Å². The summed E-state index contributed by atoms with van der Waals surface area (Å²) in [6.07, 6.45) is 3.95. The Balaban J connectivity index is 1.52. The van der Waals surface area contributed by atoms with Gasteiger partial charge in [0.15, 0.2) is 5.75 Å². The highest BCUT2D eigenvalue weighted by Crippen LogP contribution is 2.34. The number of benzene rings is 4. The van der Waals surface area contributed by atoms with Crippen LogP contribution in [0.5, 0.6) is 28.7 Å². The summed E-state index contributed by atoms with van der Waals surface area (Å²) in [4.78, 5) is 26.0. The third kappa shape index (κ3) is 10.2. The number of rotatable bonds is 16. The maximum absolute atomic E-state index is 13.1. The third-order valence-corrected chi connectivity index (χ3v) is 6.48. The van der Waals surface area contributed by atoms with Gasteiger partial charge in [0.1, 0.15) is 28.7 Å². The van der Waals surface area contributed by atoms with Crippen molar-refractivity contribution in [1.29, 1.82) is 0 Å². The van der Waals surface area contributed by atoms with E-state index in [0.29, 0.717) is 48.1 Å². The number of carbonyl (C=O) groups excluding carboxylic acids is 2. The number of azo groups is 1. The first kappa shape index (κ1) is 32.7. The Kier molecular flexibility index (Phi) is 12.5. The van der Waals surface area contributed by atoms with Crippen molar-refractivity contribution in [2.45, 2.75) is 46.5 Å². The first-order valence-corrected chi connectivity index (χ1v) is 15.2. The Labute approximate surface area is 263 Å². The minimum atomic E-state index is -0.616. The van der Waals surface area contributed by atoms with Crippen LogP contribution in [0.3, 0.4) is 0 Å². The summed E-state index contributed by atoms with van der Waals surface area (Å²) < 4.78 is 28.2. The van der Waals surface area contributed by atoms with Gasteiger partial charge in [-0.25, -0.2) is 9.59 Å². The van der Waals surface area contributed by atoms with Gasteiger partial charge in [-0.05, 0) is 105 Å². The fraction of sp³-hybridized carbons (Fsp3) is 0.278. The van der Waals surface area contributed by atoms with E-state index in [2.05, 4.69) is 24.1 Å². The molecule has 0 amide bonds. The topological polar surface area (TPSA) is 105 Å². The van der Waals surface area contributed by atoms with Gasteiger partial charge in [-0.1, -0.05) is 26.7 Å². The normalized spacial score (nSPS) is 10.8. The molecule has 0 atom stereocenters. The lowest BCUT2D eigenvalue weighted by Gasteiger charge is -2.11. The van der Waals surface area contributed by atoms with Crippen LogP contribution in [0.2, 0.25) is 0 Å². The first-order valence-electron chi connectivity index (χ1n) is 15.2. The molecule has 0 aliphatic carbocycles. The minimum absolute atomic E-state index is 0.0722. The van der Waals surface area contributed by atoms with Crippen molar-refractivity contribution >= 4 is 23.3 Å². The maximum Gasteiger partial charge on any atom is 0.343 e. The largest absolute Gasteiger partial charge is 0.494 e. The molecule has 0 fully saturated rings. The number of hydrogen-bond acceptors (Lipinski definition) is 9. The quantitative estimate of drug-likeness (QED) is 0.0539. The predicted octanol–water partition coefficient (Wildman–Crippen LogP) is 9.30. The molecule has 234 valence electrons. The molecule has 0 saturated carbocycles. The van der Waals surface area contributed by atoms with E-state index < -0.39 is 11.9 Å². The lowest BCUT2D eigenvalue weighted by atomic mass is 10.2. The second kappa shape index (κ2) is 17.2. The van der Waals surface area contributed by atoms with Crippen LogP contribution in [-0.4, -0.2) is 31.8 Å². The van der Waals surface area contributed by atoms with Gasteiger partial charge in [-0.3, -0.25) is 0 Å². The molecule has 0 aromatic heterocycles. The fourth-order valence-electron chi connectivity index (χ4n) is 3.98. The number of unbranched alkanes of at least 4 members (excludes halogenated alkanes) is 2. The van der Waals surface area contributed by atoms with Gasteiger partial charge < -0.3 is 23.7 Å². The van der Waals surface area contributed by atoms with E-state index in [1.54, 1.807) is 84.9 Å². The number of carbonyl (C=O) groups is 2. The van der Waals surface area contributed by atoms with E-state index in [1.165, 1.54) is 6.07 Å². The summed E-state index contributed by atoms with van der Waals surface area (Å²) in [6, 6.07) is 25.1. The van der Waals surface area contributed by atoms with Gasteiger partial charge in [0.05, 0.1) is 36.6 Å². The molecule has 0 unspecified atom stereocenters. The van der Waals surface area contributed by atoms with Crippen LogP contribution in [0.25, 0.3) is 0 Å². The molecule has 0 bridgehead atoms. The molecule has 0 radical (unpaired) electrons. The van der Waals surface area contributed by atoms with Crippen LogP contribution in [0, 0.1) is 0 Å². The molecule has 0 aliphatic rings. The highest BCUT2D eigenvalue weighted by atomic mass is 16.5. The molecular weight excluding hydrogens is 572 g/mol. The van der Waals surface area contributed by atoms with Crippen LogP contribution < -0.4 is 23.7 Å². The second-order valence-electron chi connectivity index (χ2n) is 9.99. The maximum atomic E-state index is 13.1. The Morgan fingerprint density at radius 2 is 1.04 bits per heavy atom. The van der Waals surface area contributed by atoms with Crippen molar-refractivity contribution < 1.29 is 33.3 Å². The van der Waals surface area contributed by atoms with Crippen LogP contribution in [0.15, 0.2) is 101 Å². The lowest BCUT2D eigenvalue weighted by Crippen LogP contribution is -2.10. The van der Waals surface area contributed by atoms with Gasteiger partial charge in [-0.15, -0.1) is 5.11 Å². The summed E-state index contributed by atoms with van der Waals surface area (Å²) >= 11 is 0. The number of ether oxygens (including phenoxy) is 5. The first-order chi connectivity index (χ1) is 22.0. The van der Waals surface area contributed by atoms with Crippen molar-refractivity contribution in [2.24, 2.45) is 10.2 Å². The average molecular weight is 611 g/mol. The van der Waals surface area contributed by atoms with Crippen molar-refractivity contribution in [3.63, 3.8) is 0 Å². The van der Waals surface area contributed by atoms with Crippen LogP contribution in [0.1, 0.15) is 67.2 Å². The summed E-state index contributed by atoms with van der Waals surface area (Å²) in [5, 5.41) is 8.59. The van der Waals surface area contributed by atoms with E-state index in [4.69, 9.17) is 23.7 Å². The van der Waals surface area contributed by atoms with E-state index in [9.17, 15) is 9.59 Å². The van der Waals surface area contributed by atoms with Gasteiger partial charge in [0.25, 0.3) is 0 Å². The lowest BCUT2D eigenvalue weighted by molar-refractivity contribution is 0.0733. The molecule has 9 nitrogen and oxygen atoms in total. The highest BCUT2D eigenvalue weighted by Gasteiger charge is 2.16. The Morgan fingerprint density at radius 3 is 1.58 bits per heavy atom. The van der Waals surface area contributed by atoms with Gasteiger partial charge in [0.2, 0.25) is 0 Å².